The van der Waals surface area contributed by atoms with Crippen molar-refractivity contribution < 1.29 is 42.7 Å². The van der Waals surface area contributed by atoms with Crippen molar-refractivity contribution in [3.63, 3.8) is 0 Å². The van der Waals surface area contributed by atoms with Crippen LogP contribution in [0.3, 0.4) is 0 Å². The molecule has 10 nitrogen and oxygen atoms in total. The standard InChI is InChI=1S/C17H32NO9P/c1-16(2,3)14(20)24-11-26-28(23,10-8-9-13(19)18(7)22)27-12-25-15(21)17(4,5)6/h22H,8-12H2,1-7H3. The van der Waals surface area contributed by atoms with Crippen molar-refractivity contribution in [1.29, 1.82) is 0 Å². The van der Waals surface area contributed by atoms with E-state index < -0.39 is 49.9 Å². The number of hydrogen-bond acceptors (Lipinski definition) is 9. The largest absolute Gasteiger partial charge is 0.438 e. The third-order valence-corrected chi connectivity index (χ3v) is 5.15. The first kappa shape index (κ1) is 26.5. The molecule has 0 aromatic carbocycles. The Kier molecular flexibility index (Phi) is 10.3. The third kappa shape index (κ3) is 10.8. The van der Waals surface area contributed by atoms with Crippen LogP contribution in [0.1, 0.15) is 54.4 Å². The van der Waals surface area contributed by atoms with E-state index >= 15 is 0 Å². The van der Waals surface area contributed by atoms with E-state index in [0.29, 0.717) is 5.06 Å². The summed E-state index contributed by atoms with van der Waals surface area (Å²) in [7, 11) is -2.66. The van der Waals surface area contributed by atoms with Crippen LogP contribution in [0.5, 0.6) is 0 Å². The highest BCUT2D eigenvalue weighted by Gasteiger charge is 2.30. The van der Waals surface area contributed by atoms with Crippen LogP contribution in [0, 0.1) is 10.8 Å². The average Bonchev–Trinajstić information content (AvgIpc) is 2.52. The first-order valence-corrected chi connectivity index (χ1v) is 10.5. The number of nitrogens with zero attached hydrogens (tertiary/aromatic N) is 1. The second-order valence-electron chi connectivity index (χ2n) is 8.21. The molecule has 1 N–H and O–H groups in total. The minimum Gasteiger partial charge on any atom is -0.438 e. The lowest BCUT2D eigenvalue weighted by atomic mass is 9.98. The molecule has 0 radical (unpaired) electrons. The van der Waals surface area contributed by atoms with E-state index in [1.54, 1.807) is 41.5 Å². The van der Waals surface area contributed by atoms with Gasteiger partial charge in [-0.25, -0.2) is 5.06 Å². The zero-order valence-corrected chi connectivity index (χ0v) is 18.5. The zero-order valence-electron chi connectivity index (χ0n) is 17.6. The van der Waals surface area contributed by atoms with Gasteiger partial charge in [-0.15, -0.1) is 0 Å². The van der Waals surface area contributed by atoms with E-state index in [4.69, 9.17) is 23.7 Å². The van der Waals surface area contributed by atoms with E-state index in [1.165, 1.54) is 7.05 Å². The molecule has 0 aliphatic rings. The molecule has 1 amide bonds. The molecule has 0 unspecified atom stereocenters. The Hall–Kier alpha value is -1.48. The second kappa shape index (κ2) is 10.9. The van der Waals surface area contributed by atoms with Crippen LogP contribution in [0.4, 0.5) is 0 Å². The van der Waals surface area contributed by atoms with Gasteiger partial charge in [0.15, 0.2) is 0 Å². The van der Waals surface area contributed by atoms with Crippen molar-refractivity contribution in [2.24, 2.45) is 10.8 Å². The van der Waals surface area contributed by atoms with E-state index in [0.717, 1.165) is 0 Å². The molecule has 0 rings (SSSR count). The molecule has 28 heavy (non-hydrogen) atoms. The summed E-state index contributed by atoms with van der Waals surface area (Å²) in [6, 6.07) is 0. The van der Waals surface area contributed by atoms with Gasteiger partial charge in [-0.1, -0.05) is 0 Å². The Morgan fingerprint density at radius 2 is 1.29 bits per heavy atom. The van der Waals surface area contributed by atoms with Gasteiger partial charge in [0.25, 0.3) is 0 Å². The van der Waals surface area contributed by atoms with Crippen molar-refractivity contribution in [3.05, 3.63) is 0 Å². The van der Waals surface area contributed by atoms with Crippen LogP contribution in [0.2, 0.25) is 0 Å². The molecular weight excluding hydrogens is 393 g/mol. The van der Waals surface area contributed by atoms with Gasteiger partial charge >= 0.3 is 19.5 Å². The summed E-state index contributed by atoms with van der Waals surface area (Å²) in [6.45, 7) is 8.65. The predicted octanol–water partition coefficient (Wildman–Crippen LogP) is 2.93. The smallest absolute Gasteiger partial charge is 0.336 e. The summed E-state index contributed by atoms with van der Waals surface area (Å²) in [5, 5.41) is 9.46. The lowest BCUT2D eigenvalue weighted by Gasteiger charge is -2.22. The molecule has 11 heteroatoms. The first-order valence-electron chi connectivity index (χ1n) is 8.76. The van der Waals surface area contributed by atoms with E-state index in [1.807, 2.05) is 0 Å². The summed E-state index contributed by atoms with van der Waals surface area (Å²) in [6.07, 6.45) is -0.235. The van der Waals surface area contributed by atoms with Gasteiger partial charge in [-0.2, -0.15) is 0 Å². The minimum absolute atomic E-state index is 0.0709. The Morgan fingerprint density at radius 3 is 1.61 bits per heavy atom. The molecule has 0 spiro atoms. The number of esters is 2. The van der Waals surface area contributed by atoms with Gasteiger partial charge in [-0.05, 0) is 48.0 Å². The maximum absolute atomic E-state index is 12.8. The molecule has 0 aromatic rings. The van der Waals surface area contributed by atoms with Gasteiger partial charge in [0.1, 0.15) is 0 Å². The molecular formula is C17H32NO9P. The summed E-state index contributed by atoms with van der Waals surface area (Å²) < 4.78 is 32.9. The fourth-order valence-corrected chi connectivity index (χ4v) is 2.81. The number of rotatable bonds is 10. The van der Waals surface area contributed by atoms with Gasteiger partial charge in [0, 0.05) is 13.5 Å². The molecule has 0 saturated carbocycles. The number of hydroxylamine groups is 2. The van der Waals surface area contributed by atoms with Gasteiger partial charge in [0.05, 0.1) is 17.0 Å². The van der Waals surface area contributed by atoms with Crippen LogP contribution in [-0.4, -0.2) is 54.9 Å². The molecule has 0 saturated heterocycles. The first-order chi connectivity index (χ1) is 12.6. The third-order valence-electron chi connectivity index (χ3n) is 3.29. The highest BCUT2D eigenvalue weighted by molar-refractivity contribution is 7.53. The molecule has 0 fully saturated rings. The Bertz CT molecular complexity index is 554. The number of carbonyl (C=O) groups is 3. The number of carbonyl (C=O) groups excluding carboxylic acids is 3. The molecule has 0 aliphatic carbocycles. The average molecular weight is 425 g/mol. The van der Waals surface area contributed by atoms with Crippen molar-refractivity contribution in [1.82, 2.24) is 5.06 Å². The van der Waals surface area contributed by atoms with Crippen molar-refractivity contribution >= 4 is 25.4 Å². The van der Waals surface area contributed by atoms with E-state index in [2.05, 4.69) is 0 Å². The maximum atomic E-state index is 12.8. The van der Waals surface area contributed by atoms with Crippen molar-refractivity contribution in [2.45, 2.75) is 54.4 Å². The molecule has 0 aromatic heterocycles. The molecule has 0 atom stereocenters. The molecule has 164 valence electrons. The summed E-state index contributed by atoms with van der Waals surface area (Å²) in [4.78, 5) is 34.9. The summed E-state index contributed by atoms with van der Waals surface area (Å²) >= 11 is 0. The highest BCUT2D eigenvalue weighted by Crippen LogP contribution is 2.49. The van der Waals surface area contributed by atoms with Gasteiger partial charge in [-0.3, -0.25) is 33.2 Å². The highest BCUT2D eigenvalue weighted by atomic mass is 31.2. The zero-order chi connectivity index (χ0) is 22.2. The predicted molar refractivity (Wildman–Crippen MR) is 99.3 cm³/mol. The summed E-state index contributed by atoms with van der Waals surface area (Å²) in [5.74, 6) is -1.70. The normalized spacial score (nSPS) is 12.4. The van der Waals surface area contributed by atoms with Crippen LogP contribution in [0.25, 0.3) is 0 Å². The lowest BCUT2D eigenvalue weighted by molar-refractivity contribution is -0.162. The topological polar surface area (TPSA) is 129 Å². The minimum atomic E-state index is -3.83. The second-order valence-corrected chi connectivity index (χ2v) is 10.4. The molecule has 0 aliphatic heterocycles. The maximum Gasteiger partial charge on any atom is 0.336 e. The fraction of sp³-hybridized carbons (Fsp3) is 0.824. The van der Waals surface area contributed by atoms with Crippen molar-refractivity contribution in [2.75, 3.05) is 26.8 Å². The van der Waals surface area contributed by atoms with Crippen LogP contribution >= 0.6 is 7.60 Å². The van der Waals surface area contributed by atoms with Crippen molar-refractivity contribution in [3.8, 4) is 0 Å². The molecule has 0 bridgehead atoms. The van der Waals surface area contributed by atoms with Crippen LogP contribution < -0.4 is 0 Å². The van der Waals surface area contributed by atoms with Crippen LogP contribution in [-0.2, 0) is 37.5 Å². The number of amides is 1. The number of ether oxygens (including phenoxy) is 2. The SMILES string of the molecule is CN(O)C(=O)CCCP(=O)(OCOC(=O)C(C)(C)C)OCOC(=O)C(C)(C)C. The molecule has 0 heterocycles. The lowest BCUT2D eigenvalue weighted by Crippen LogP contribution is -2.25. The van der Waals surface area contributed by atoms with E-state index in [-0.39, 0.29) is 19.0 Å². The van der Waals surface area contributed by atoms with Crippen LogP contribution in [0.15, 0.2) is 0 Å². The monoisotopic (exact) mass is 425 g/mol. The fourth-order valence-electron chi connectivity index (χ4n) is 1.51. The Balaban J connectivity index is 4.80. The summed E-state index contributed by atoms with van der Waals surface area (Å²) in [5.41, 5.74) is -1.54. The van der Waals surface area contributed by atoms with Gasteiger partial charge in [0.2, 0.25) is 19.5 Å². The van der Waals surface area contributed by atoms with Gasteiger partial charge < -0.3 is 9.47 Å². The quantitative estimate of drug-likeness (QED) is 0.185. The number of hydrogen-bond donors (Lipinski definition) is 1. The Morgan fingerprint density at radius 1 is 0.893 bits per heavy atom. The Labute approximate surface area is 165 Å². The van der Waals surface area contributed by atoms with E-state index in [9.17, 15) is 18.9 Å².